The number of rotatable bonds is 3. The number of hydrogen-bond acceptors (Lipinski definition) is 6. The van der Waals surface area contributed by atoms with Crippen LogP contribution < -0.4 is 14.7 Å². The second kappa shape index (κ2) is 6.73. The lowest BCUT2D eigenvalue weighted by Crippen LogP contribution is -2.47. The summed E-state index contributed by atoms with van der Waals surface area (Å²) in [5, 5.41) is 0. The van der Waals surface area contributed by atoms with E-state index in [1.54, 1.807) is 4.90 Å². The average Bonchev–Trinajstić information content (AvgIpc) is 2.61. The second-order valence-electron chi connectivity index (χ2n) is 5.98. The Kier molecular flexibility index (Phi) is 4.65. The van der Waals surface area contributed by atoms with Gasteiger partial charge in [-0.2, -0.15) is 13.2 Å². The SMILES string of the molecule is CN(C)c1cc(N2CCN(c3ncccc3C(F)(F)F)CC2)ncn1. The fraction of sp³-hybridized carbons (Fsp3) is 0.438. The summed E-state index contributed by atoms with van der Waals surface area (Å²) in [5.74, 6) is 1.55. The maximum absolute atomic E-state index is 13.2. The minimum Gasteiger partial charge on any atom is -0.363 e. The van der Waals surface area contributed by atoms with Crippen LogP contribution in [-0.4, -0.2) is 55.2 Å². The highest BCUT2D eigenvalue weighted by Gasteiger charge is 2.36. The zero-order valence-corrected chi connectivity index (χ0v) is 14.0. The number of anilines is 3. The van der Waals surface area contributed by atoms with Gasteiger partial charge in [0.1, 0.15) is 23.8 Å². The molecule has 134 valence electrons. The van der Waals surface area contributed by atoms with E-state index in [-0.39, 0.29) is 5.82 Å². The Hall–Kier alpha value is -2.58. The van der Waals surface area contributed by atoms with Crippen molar-refractivity contribution in [3.05, 3.63) is 36.3 Å². The van der Waals surface area contributed by atoms with Crippen LogP contribution in [0.4, 0.5) is 30.6 Å². The molecule has 25 heavy (non-hydrogen) atoms. The van der Waals surface area contributed by atoms with Crippen molar-refractivity contribution in [3.8, 4) is 0 Å². The van der Waals surface area contributed by atoms with Crippen molar-refractivity contribution in [2.45, 2.75) is 6.18 Å². The molecule has 1 fully saturated rings. The number of pyridine rings is 1. The zero-order valence-electron chi connectivity index (χ0n) is 14.0. The van der Waals surface area contributed by atoms with E-state index < -0.39 is 11.7 Å². The predicted molar refractivity (Wildman–Crippen MR) is 90.0 cm³/mol. The lowest BCUT2D eigenvalue weighted by molar-refractivity contribution is -0.137. The predicted octanol–water partition coefficient (Wildman–Crippen LogP) is 2.28. The van der Waals surface area contributed by atoms with Gasteiger partial charge in [0, 0.05) is 52.5 Å². The van der Waals surface area contributed by atoms with Crippen LogP contribution in [0.1, 0.15) is 5.56 Å². The van der Waals surface area contributed by atoms with Gasteiger partial charge in [-0.25, -0.2) is 15.0 Å². The molecule has 0 bridgehead atoms. The topological polar surface area (TPSA) is 48.4 Å². The average molecular weight is 352 g/mol. The fourth-order valence-electron chi connectivity index (χ4n) is 2.77. The van der Waals surface area contributed by atoms with Crippen LogP contribution >= 0.6 is 0 Å². The Morgan fingerprint density at radius 3 is 2.32 bits per heavy atom. The summed E-state index contributed by atoms with van der Waals surface area (Å²) in [7, 11) is 3.79. The standard InChI is InChI=1S/C16H19F3N6/c1-23(2)13-10-14(22-11-21-13)24-6-8-25(9-7-24)15-12(16(17,18)19)4-3-5-20-15/h3-5,10-11H,6-9H2,1-2H3. The third-order valence-corrected chi connectivity index (χ3v) is 4.09. The number of halogens is 3. The largest absolute Gasteiger partial charge is 0.419 e. The van der Waals surface area contributed by atoms with E-state index in [1.807, 2.05) is 30.0 Å². The van der Waals surface area contributed by atoms with Crippen molar-refractivity contribution in [1.82, 2.24) is 15.0 Å². The van der Waals surface area contributed by atoms with Crippen LogP contribution in [0.3, 0.4) is 0 Å². The quantitative estimate of drug-likeness (QED) is 0.845. The van der Waals surface area contributed by atoms with Crippen LogP contribution in [0.5, 0.6) is 0 Å². The van der Waals surface area contributed by atoms with E-state index in [0.717, 1.165) is 17.7 Å². The maximum Gasteiger partial charge on any atom is 0.419 e. The molecular weight excluding hydrogens is 333 g/mol. The first-order valence-corrected chi connectivity index (χ1v) is 7.88. The van der Waals surface area contributed by atoms with Crippen molar-refractivity contribution in [2.24, 2.45) is 0 Å². The minimum absolute atomic E-state index is 0.00804. The summed E-state index contributed by atoms with van der Waals surface area (Å²) in [6.45, 7) is 2.03. The highest BCUT2D eigenvalue weighted by molar-refractivity contribution is 5.53. The second-order valence-corrected chi connectivity index (χ2v) is 5.98. The van der Waals surface area contributed by atoms with Gasteiger partial charge in [0.2, 0.25) is 0 Å². The maximum atomic E-state index is 13.2. The van der Waals surface area contributed by atoms with E-state index >= 15 is 0 Å². The lowest BCUT2D eigenvalue weighted by atomic mass is 10.2. The van der Waals surface area contributed by atoms with Gasteiger partial charge >= 0.3 is 6.18 Å². The van der Waals surface area contributed by atoms with Gasteiger partial charge in [-0.1, -0.05) is 0 Å². The summed E-state index contributed by atoms with van der Waals surface area (Å²) < 4.78 is 39.5. The molecule has 1 aliphatic rings. The van der Waals surface area contributed by atoms with Gasteiger partial charge in [-0.05, 0) is 12.1 Å². The highest BCUT2D eigenvalue weighted by atomic mass is 19.4. The molecule has 0 saturated carbocycles. The van der Waals surface area contributed by atoms with Crippen molar-refractivity contribution in [3.63, 3.8) is 0 Å². The van der Waals surface area contributed by atoms with Gasteiger partial charge in [0.25, 0.3) is 0 Å². The van der Waals surface area contributed by atoms with Crippen LogP contribution in [-0.2, 0) is 6.18 Å². The Balaban J connectivity index is 1.74. The summed E-state index contributed by atoms with van der Waals surface area (Å²) >= 11 is 0. The molecule has 3 heterocycles. The molecule has 0 unspecified atom stereocenters. The van der Waals surface area contributed by atoms with Crippen molar-refractivity contribution in [2.75, 3.05) is 55.0 Å². The molecular formula is C16H19F3N6. The Morgan fingerprint density at radius 2 is 1.68 bits per heavy atom. The van der Waals surface area contributed by atoms with Crippen LogP contribution in [0.2, 0.25) is 0 Å². The van der Waals surface area contributed by atoms with Crippen molar-refractivity contribution in [1.29, 1.82) is 0 Å². The van der Waals surface area contributed by atoms with Crippen LogP contribution in [0.15, 0.2) is 30.7 Å². The normalized spacial score (nSPS) is 15.4. The molecule has 0 atom stereocenters. The lowest BCUT2D eigenvalue weighted by Gasteiger charge is -2.37. The smallest absolute Gasteiger partial charge is 0.363 e. The van der Waals surface area contributed by atoms with E-state index in [0.29, 0.717) is 26.2 Å². The van der Waals surface area contributed by atoms with Gasteiger partial charge in [-0.3, -0.25) is 0 Å². The Labute approximate surface area is 143 Å². The van der Waals surface area contributed by atoms with Gasteiger partial charge in [0.05, 0.1) is 5.56 Å². The van der Waals surface area contributed by atoms with E-state index in [4.69, 9.17) is 0 Å². The van der Waals surface area contributed by atoms with Gasteiger partial charge < -0.3 is 14.7 Å². The molecule has 0 amide bonds. The summed E-state index contributed by atoms with van der Waals surface area (Å²) in [5.41, 5.74) is -0.694. The molecule has 2 aromatic heterocycles. The van der Waals surface area contributed by atoms with Crippen LogP contribution in [0, 0.1) is 0 Å². The first-order valence-electron chi connectivity index (χ1n) is 7.88. The minimum atomic E-state index is -4.41. The Morgan fingerprint density at radius 1 is 1.00 bits per heavy atom. The highest BCUT2D eigenvalue weighted by Crippen LogP contribution is 2.35. The summed E-state index contributed by atoms with van der Waals surface area (Å²) in [6, 6.07) is 4.26. The molecule has 0 spiro atoms. The number of alkyl halides is 3. The third kappa shape index (κ3) is 3.75. The summed E-state index contributed by atoms with van der Waals surface area (Å²) in [4.78, 5) is 18.0. The van der Waals surface area contributed by atoms with Gasteiger partial charge in [-0.15, -0.1) is 0 Å². The number of nitrogens with zero attached hydrogens (tertiary/aromatic N) is 6. The van der Waals surface area contributed by atoms with Crippen LogP contribution in [0.25, 0.3) is 0 Å². The molecule has 1 aliphatic heterocycles. The molecule has 1 saturated heterocycles. The molecule has 2 aromatic rings. The third-order valence-electron chi connectivity index (χ3n) is 4.09. The molecule has 0 N–H and O–H groups in total. The molecule has 9 heteroatoms. The van der Waals surface area contributed by atoms with E-state index in [2.05, 4.69) is 15.0 Å². The zero-order chi connectivity index (χ0) is 18.0. The Bertz CT molecular complexity index is 726. The van der Waals surface area contributed by atoms with Crippen molar-refractivity contribution < 1.29 is 13.2 Å². The molecule has 3 rings (SSSR count). The van der Waals surface area contributed by atoms with E-state index in [9.17, 15) is 13.2 Å². The van der Waals surface area contributed by atoms with Crippen molar-refractivity contribution >= 4 is 17.5 Å². The fourth-order valence-corrected chi connectivity index (χ4v) is 2.77. The van der Waals surface area contributed by atoms with E-state index in [1.165, 1.54) is 18.6 Å². The first-order chi connectivity index (χ1) is 11.9. The number of piperazine rings is 1. The molecule has 6 nitrogen and oxygen atoms in total. The monoisotopic (exact) mass is 352 g/mol. The number of hydrogen-bond donors (Lipinski definition) is 0. The summed E-state index contributed by atoms with van der Waals surface area (Å²) in [6.07, 6.45) is -1.52. The molecule has 0 aliphatic carbocycles. The number of aromatic nitrogens is 3. The van der Waals surface area contributed by atoms with Gasteiger partial charge in [0.15, 0.2) is 0 Å². The molecule has 0 radical (unpaired) electrons. The first kappa shape index (κ1) is 17.2. The molecule has 0 aromatic carbocycles.